The number of hydrogen-bond donors (Lipinski definition) is 2. The fraction of sp³-hybridized carbons (Fsp3) is 0.263. The van der Waals surface area contributed by atoms with Crippen molar-refractivity contribution < 1.29 is 9.59 Å². The monoisotopic (exact) mass is 410 g/mol. The topological polar surface area (TPSA) is 58.2 Å². The molecule has 0 spiro atoms. The number of benzene rings is 2. The molecule has 0 aliphatic heterocycles. The van der Waals surface area contributed by atoms with Gasteiger partial charge in [0, 0.05) is 27.8 Å². The Hall–Kier alpha value is -1.69. The normalized spacial score (nSPS) is 11.7. The molecule has 0 aromatic heterocycles. The minimum atomic E-state index is -0.581. The van der Waals surface area contributed by atoms with Crippen LogP contribution in [-0.4, -0.2) is 24.4 Å². The van der Waals surface area contributed by atoms with Gasteiger partial charge in [-0.3, -0.25) is 9.59 Å². The third kappa shape index (κ3) is 5.94. The van der Waals surface area contributed by atoms with Gasteiger partial charge in [0.2, 0.25) is 5.91 Å². The highest BCUT2D eigenvalue weighted by Crippen LogP contribution is 2.32. The molecule has 0 radical (unpaired) electrons. The van der Waals surface area contributed by atoms with Crippen molar-refractivity contribution in [2.24, 2.45) is 0 Å². The van der Waals surface area contributed by atoms with Crippen LogP contribution < -0.4 is 10.6 Å². The molecule has 2 N–H and O–H groups in total. The SMILES string of the molecule is CCNC(=O)[C@@H](C)NC(=O)c1ccc(CSc2cc(Cl)ccc2Cl)cc1. The quantitative estimate of drug-likeness (QED) is 0.658. The highest BCUT2D eigenvalue weighted by Gasteiger charge is 2.15. The molecule has 0 saturated heterocycles. The molecule has 4 nitrogen and oxygen atoms in total. The second kappa shape index (κ2) is 9.86. The number of halogens is 2. The van der Waals surface area contributed by atoms with Gasteiger partial charge in [-0.05, 0) is 49.7 Å². The summed E-state index contributed by atoms with van der Waals surface area (Å²) in [7, 11) is 0. The molecule has 138 valence electrons. The molecule has 0 heterocycles. The van der Waals surface area contributed by atoms with Crippen molar-refractivity contribution in [3.63, 3.8) is 0 Å². The van der Waals surface area contributed by atoms with Crippen LogP contribution in [0.4, 0.5) is 0 Å². The number of nitrogens with one attached hydrogen (secondary N) is 2. The molecule has 2 amide bonds. The Morgan fingerprint density at radius 3 is 2.46 bits per heavy atom. The zero-order valence-electron chi connectivity index (χ0n) is 14.5. The summed E-state index contributed by atoms with van der Waals surface area (Å²) in [5, 5.41) is 6.66. The molecule has 2 aromatic rings. The largest absolute Gasteiger partial charge is 0.355 e. The summed E-state index contributed by atoms with van der Waals surface area (Å²) in [4.78, 5) is 24.8. The van der Waals surface area contributed by atoms with E-state index < -0.39 is 6.04 Å². The van der Waals surface area contributed by atoms with Crippen LogP contribution >= 0.6 is 35.0 Å². The van der Waals surface area contributed by atoms with Crippen molar-refractivity contribution >= 4 is 46.8 Å². The number of hydrogen-bond acceptors (Lipinski definition) is 3. The van der Waals surface area contributed by atoms with Gasteiger partial charge in [0.1, 0.15) is 6.04 Å². The molecule has 0 aliphatic carbocycles. The lowest BCUT2D eigenvalue weighted by molar-refractivity contribution is -0.122. The third-order valence-corrected chi connectivity index (χ3v) is 5.40. The van der Waals surface area contributed by atoms with Crippen LogP contribution in [0.5, 0.6) is 0 Å². The molecular weight excluding hydrogens is 391 g/mol. The van der Waals surface area contributed by atoms with E-state index in [-0.39, 0.29) is 11.8 Å². The summed E-state index contributed by atoms with van der Waals surface area (Å²) in [5.74, 6) is 0.227. The average Bonchev–Trinajstić information content (AvgIpc) is 2.63. The Balaban J connectivity index is 1.94. The molecule has 0 unspecified atom stereocenters. The van der Waals surface area contributed by atoms with Crippen molar-refractivity contribution in [2.45, 2.75) is 30.5 Å². The van der Waals surface area contributed by atoms with Crippen LogP contribution in [0.15, 0.2) is 47.4 Å². The number of thioether (sulfide) groups is 1. The Morgan fingerprint density at radius 2 is 1.81 bits per heavy atom. The fourth-order valence-electron chi connectivity index (χ4n) is 2.17. The standard InChI is InChI=1S/C19H20Cl2N2O2S/c1-3-22-18(24)12(2)23-19(25)14-6-4-13(5-7-14)11-26-17-10-15(20)8-9-16(17)21/h4-10,12H,3,11H2,1-2H3,(H,22,24)(H,23,25)/t12-/m1/s1. The van der Waals surface area contributed by atoms with E-state index in [0.717, 1.165) is 10.5 Å². The Labute approximate surface area is 167 Å². The molecular formula is C19H20Cl2N2O2S. The summed E-state index contributed by atoms with van der Waals surface area (Å²) in [6, 6.07) is 12.0. The molecule has 0 fully saturated rings. The van der Waals surface area contributed by atoms with Crippen molar-refractivity contribution in [2.75, 3.05) is 6.54 Å². The van der Waals surface area contributed by atoms with E-state index in [9.17, 15) is 9.59 Å². The van der Waals surface area contributed by atoms with Crippen LogP contribution in [0.25, 0.3) is 0 Å². The molecule has 26 heavy (non-hydrogen) atoms. The zero-order chi connectivity index (χ0) is 19.1. The molecule has 0 bridgehead atoms. The predicted molar refractivity (Wildman–Crippen MR) is 108 cm³/mol. The lowest BCUT2D eigenvalue weighted by Crippen LogP contribution is -2.44. The first-order valence-corrected chi connectivity index (χ1v) is 9.90. The second-order valence-corrected chi connectivity index (χ2v) is 7.51. The number of likely N-dealkylation sites (N-methyl/N-ethyl adjacent to an activating group) is 1. The van der Waals surface area contributed by atoms with Gasteiger partial charge in [-0.2, -0.15) is 0 Å². The fourth-order valence-corrected chi connectivity index (χ4v) is 3.62. The third-order valence-electron chi connectivity index (χ3n) is 3.60. The zero-order valence-corrected chi connectivity index (χ0v) is 16.8. The Bertz CT molecular complexity index is 782. The highest BCUT2D eigenvalue weighted by atomic mass is 35.5. The maximum Gasteiger partial charge on any atom is 0.251 e. The first-order valence-electron chi connectivity index (χ1n) is 8.16. The maximum absolute atomic E-state index is 12.2. The molecule has 7 heteroatoms. The van der Waals surface area contributed by atoms with Crippen LogP contribution in [-0.2, 0) is 10.5 Å². The number of rotatable bonds is 7. The van der Waals surface area contributed by atoms with Gasteiger partial charge in [-0.25, -0.2) is 0 Å². The van der Waals surface area contributed by atoms with Crippen LogP contribution in [0.1, 0.15) is 29.8 Å². The van der Waals surface area contributed by atoms with Crippen LogP contribution in [0.3, 0.4) is 0 Å². The smallest absolute Gasteiger partial charge is 0.251 e. The van der Waals surface area contributed by atoms with Gasteiger partial charge in [-0.1, -0.05) is 35.3 Å². The van der Waals surface area contributed by atoms with E-state index in [1.165, 1.54) is 0 Å². The van der Waals surface area contributed by atoms with Gasteiger partial charge >= 0.3 is 0 Å². The summed E-state index contributed by atoms with van der Waals surface area (Å²) in [6.07, 6.45) is 0. The van der Waals surface area contributed by atoms with Crippen LogP contribution in [0.2, 0.25) is 10.0 Å². The Kier molecular flexibility index (Phi) is 7.82. The van der Waals surface area contributed by atoms with E-state index in [0.29, 0.717) is 27.9 Å². The summed E-state index contributed by atoms with van der Waals surface area (Å²) < 4.78 is 0. The second-order valence-electron chi connectivity index (χ2n) is 5.65. The lowest BCUT2D eigenvalue weighted by atomic mass is 10.1. The van der Waals surface area contributed by atoms with Gasteiger partial charge in [0.05, 0.1) is 5.02 Å². The van der Waals surface area contributed by atoms with Gasteiger partial charge in [0.25, 0.3) is 5.91 Å². The van der Waals surface area contributed by atoms with Crippen LogP contribution in [0, 0.1) is 0 Å². The minimum Gasteiger partial charge on any atom is -0.355 e. The first kappa shape index (κ1) is 20.6. The van der Waals surface area contributed by atoms with Gasteiger partial charge in [-0.15, -0.1) is 11.8 Å². The van der Waals surface area contributed by atoms with Crippen molar-refractivity contribution in [3.8, 4) is 0 Å². The van der Waals surface area contributed by atoms with E-state index in [1.54, 1.807) is 43.0 Å². The minimum absolute atomic E-state index is 0.202. The van der Waals surface area contributed by atoms with E-state index in [1.807, 2.05) is 25.1 Å². The number of carbonyl (C=O) groups excluding carboxylic acids is 2. The maximum atomic E-state index is 12.2. The van der Waals surface area contributed by atoms with E-state index >= 15 is 0 Å². The molecule has 0 aliphatic rings. The highest BCUT2D eigenvalue weighted by molar-refractivity contribution is 7.98. The molecule has 2 aromatic carbocycles. The summed E-state index contributed by atoms with van der Waals surface area (Å²) in [5.41, 5.74) is 1.56. The van der Waals surface area contributed by atoms with Crippen molar-refractivity contribution in [1.29, 1.82) is 0 Å². The summed E-state index contributed by atoms with van der Waals surface area (Å²) in [6.45, 7) is 4.02. The number of amides is 2. The van der Waals surface area contributed by atoms with Crippen molar-refractivity contribution in [3.05, 3.63) is 63.6 Å². The average molecular weight is 411 g/mol. The van der Waals surface area contributed by atoms with Gasteiger partial charge in [0.15, 0.2) is 0 Å². The predicted octanol–water partition coefficient (Wildman–Crippen LogP) is 4.54. The Morgan fingerprint density at radius 1 is 1.12 bits per heavy atom. The summed E-state index contributed by atoms with van der Waals surface area (Å²) >= 11 is 13.7. The lowest BCUT2D eigenvalue weighted by Gasteiger charge is -2.13. The van der Waals surface area contributed by atoms with E-state index in [2.05, 4.69) is 10.6 Å². The van der Waals surface area contributed by atoms with E-state index in [4.69, 9.17) is 23.2 Å². The van der Waals surface area contributed by atoms with Gasteiger partial charge < -0.3 is 10.6 Å². The molecule has 2 rings (SSSR count). The number of carbonyl (C=O) groups is 2. The molecule has 0 saturated carbocycles. The first-order chi connectivity index (χ1) is 12.4. The van der Waals surface area contributed by atoms with Crippen molar-refractivity contribution in [1.82, 2.24) is 10.6 Å². The molecule has 1 atom stereocenters.